The lowest BCUT2D eigenvalue weighted by Crippen LogP contribution is -2.06. The highest BCUT2D eigenvalue weighted by atomic mass is 35.5. The van der Waals surface area contributed by atoms with Gasteiger partial charge in [-0.25, -0.2) is 0 Å². The van der Waals surface area contributed by atoms with Crippen molar-refractivity contribution in [3.05, 3.63) is 35.0 Å². The molecular formula is C12H12ClNO. The summed E-state index contributed by atoms with van der Waals surface area (Å²) in [5.74, 6) is 0.145. The fourth-order valence-electron chi connectivity index (χ4n) is 1.63. The summed E-state index contributed by atoms with van der Waals surface area (Å²) in [6.07, 6.45) is 1.74. The third-order valence-electron chi connectivity index (χ3n) is 2.45. The molecule has 0 aliphatic rings. The Balaban J connectivity index is 2.64. The number of ketones is 1. The van der Waals surface area contributed by atoms with E-state index in [9.17, 15) is 4.79 Å². The van der Waals surface area contributed by atoms with E-state index in [-0.39, 0.29) is 11.7 Å². The van der Waals surface area contributed by atoms with Crippen LogP contribution in [0.5, 0.6) is 0 Å². The summed E-state index contributed by atoms with van der Waals surface area (Å²) < 4.78 is 0. The molecule has 0 bridgehead atoms. The molecule has 0 fully saturated rings. The van der Waals surface area contributed by atoms with Crippen LogP contribution in [0.2, 0.25) is 5.02 Å². The van der Waals surface area contributed by atoms with E-state index in [1.54, 1.807) is 6.20 Å². The Labute approximate surface area is 93.2 Å². The number of para-hydroxylation sites is 1. The third-order valence-corrected chi connectivity index (χ3v) is 2.77. The van der Waals surface area contributed by atoms with E-state index in [2.05, 4.69) is 4.98 Å². The number of aromatic nitrogens is 1. The van der Waals surface area contributed by atoms with Crippen LogP contribution in [0.15, 0.2) is 24.4 Å². The maximum absolute atomic E-state index is 11.9. The Morgan fingerprint density at radius 1 is 1.40 bits per heavy atom. The quantitative estimate of drug-likeness (QED) is 0.772. The first kappa shape index (κ1) is 10.2. The standard InChI is InChI=1S/C12H12ClNO/c1-7(2)12(15)9-6-14-11-8(9)4-3-5-10(11)13/h3-7,14H,1-2H3. The first-order valence-electron chi connectivity index (χ1n) is 4.91. The maximum atomic E-state index is 11.9. The molecule has 0 aliphatic carbocycles. The van der Waals surface area contributed by atoms with Gasteiger partial charge in [-0.15, -0.1) is 0 Å². The predicted octanol–water partition coefficient (Wildman–Crippen LogP) is 3.66. The fourth-order valence-corrected chi connectivity index (χ4v) is 1.86. The fraction of sp³-hybridized carbons (Fsp3) is 0.250. The van der Waals surface area contributed by atoms with E-state index < -0.39 is 0 Å². The van der Waals surface area contributed by atoms with Gasteiger partial charge in [0.15, 0.2) is 5.78 Å². The molecular weight excluding hydrogens is 210 g/mol. The van der Waals surface area contributed by atoms with Gasteiger partial charge >= 0.3 is 0 Å². The van der Waals surface area contributed by atoms with Crippen molar-refractivity contribution in [2.75, 3.05) is 0 Å². The normalized spacial score (nSPS) is 11.2. The van der Waals surface area contributed by atoms with E-state index in [0.717, 1.165) is 16.5 Å². The molecule has 0 aliphatic heterocycles. The number of carbonyl (C=O) groups is 1. The number of fused-ring (bicyclic) bond motifs is 1. The van der Waals surface area contributed by atoms with Crippen molar-refractivity contribution in [1.82, 2.24) is 4.98 Å². The minimum absolute atomic E-state index is 0.00276. The third kappa shape index (κ3) is 1.65. The predicted molar refractivity (Wildman–Crippen MR) is 62.5 cm³/mol. The number of halogens is 1. The monoisotopic (exact) mass is 221 g/mol. The molecule has 1 aromatic heterocycles. The SMILES string of the molecule is CC(C)C(=O)c1c[nH]c2c(Cl)cccc12. The van der Waals surface area contributed by atoms with E-state index in [1.807, 2.05) is 32.0 Å². The summed E-state index contributed by atoms with van der Waals surface area (Å²) in [6, 6.07) is 5.58. The van der Waals surface area contributed by atoms with Crippen LogP contribution in [-0.4, -0.2) is 10.8 Å². The molecule has 78 valence electrons. The molecule has 2 aromatic rings. The van der Waals surface area contributed by atoms with Gasteiger partial charge in [-0.1, -0.05) is 37.6 Å². The van der Waals surface area contributed by atoms with Gasteiger partial charge in [-0.05, 0) is 6.07 Å². The number of aromatic amines is 1. The lowest BCUT2D eigenvalue weighted by Gasteiger charge is -2.01. The van der Waals surface area contributed by atoms with E-state index in [0.29, 0.717) is 5.02 Å². The Morgan fingerprint density at radius 3 is 2.80 bits per heavy atom. The Kier molecular flexibility index (Phi) is 2.53. The topological polar surface area (TPSA) is 32.9 Å². The molecule has 0 spiro atoms. The van der Waals surface area contributed by atoms with Crippen LogP contribution >= 0.6 is 11.6 Å². The van der Waals surface area contributed by atoms with Crippen molar-refractivity contribution in [3.63, 3.8) is 0 Å². The maximum Gasteiger partial charge on any atom is 0.167 e. The van der Waals surface area contributed by atoms with Gasteiger partial charge in [0.05, 0.1) is 10.5 Å². The highest BCUT2D eigenvalue weighted by Crippen LogP contribution is 2.26. The molecule has 2 nitrogen and oxygen atoms in total. The number of rotatable bonds is 2. The minimum Gasteiger partial charge on any atom is -0.359 e. The lowest BCUT2D eigenvalue weighted by atomic mass is 10.0. The average molecular weight is 222 g/mol. The smallest absolute Gasteiger partial charge is 0.167 e. The van der Waals surface area contributed by atoms with E-state index >= 15 is 0 Å². The summed E-state index contributed by atoms with van der Waals surface area (Å²) in [5.41, 5.74) is 1.56. The van der Waals surface area contributed by atoms with E-state index in [1.165, 1.54) is 0 Å². The summed E-state index contributed by atoms with van der Waals surface area (Å²) in [7, 11) is 0. The van der Waals surface area contributed by atoms with Crippen molar-refractivity contribution >= 4 is 28.3 Å². The molecule has 3 heteroatoms. The van der Waals surface area contributed by atoms with Gasteiger partial charge < -0.3 is 4.98 Å². The second-order valence-electron chi connectivity index (χ2n) is 3.88. The van der Waals surface area contributed by atoms with Gasteiger partial charge in [0.1, 0.15) is 0 Å². The van der Waals surface area contributed by atoms with Crippen molar-refractivity contribution in [2.45, 2.75) is 13.8 Å². The van der Waals surface area contributed by atoms with Gasteiger partial charge in [-0.2, -0.15) is 0 Å². The molecule has 0 saturated heterocycles. The molecule has 1 N–H and O–H groups in total. The Morgan fingerprint density at radius 2 is 2.13 bits per heavy atom. The summed E-state index contributed by atoms with van der Waals surface area (Å²) in [4.78, 5) is 14.9. The van der Waals surface area contributed by atoms with Crippen LogP contribution in [0.25, 0.3) is 10.9 Å². The number of nitrogens with one attached hydrogen (secondary N) is 1. The molecule has 1 aromatic carbocycles. The van der Waals surface area contributed by atoms with Gasteiger partial charge in [0, 0.05) is 23.1 Å². The van der Waals surface area contributed by atoms with Gasteiger partial charge in [0.25, 0.3) is 0 Å². The number of benzene rings is 1. The number of hydrogen-bond donors (Lipinski definition) is 1. The average Bonchev–Trinajstić information content (AvgIpc) is 2.61. The van der Waals surface area contributed by atoms with Crippen LogP contribution in [0.1, 0.15) is 24.2 Å². The number of Topliss-reactive ketones (excluding diaryl/α,β-unsaturated/α-hetero) is 1. The molecule has 2 rings (SSSR count). The Hall–Kier alpha value is -1.28. The van der Waals surface area contributed by atoms with Crippen LogP contribution in [0.4, 0.5) is 0 Å². The van der Waals surface area contributed by atoms with Crippen molar-refractivity contribution < 1.29 is 4.79 Å². The summed E-state index contributed by atoms with van der Waals surface area (Å²) >= 11 is 6.01. The first-order valence-corrected chi connectivity index (χ1v) is 5.29. The molecule has 0 saturated carbocycles. The van der Waals surface area contributed by atoms with Crippen LogP contribution in [0, 0.1) is 5.92 Å². The first-order chi connectivity index (χ1) is 7.11. The zero-order valence-electron chi connectivity index (χ0n) is 8.67. The van der Waals surface area contributed by atoms with E-state index in [4.69, 9.17) is 11.6 Å². The van der Waals surface area contributed by atoms with Gasteiger partial charge in [0.2, 0.25) is 0 Å². The highest BCUT2D eigenvalue weighted by Gasteiger charge is 2.15. The van der Waals surface area contributed by atoms with Crippen molar-refractivity contribution in [2.24, 2.45) is 5.92 Å². The minimum atomic E-state index is 0.00276. The second-order valence-corrected chi connectivity index (χ2v) is 4.29. The van der Waals surface area contributed by atoms with Crippen molar-refractivity contribution in [3.8, 4) is 0 Å². The lowest BCUT2D eigenvalue weighted by molar-refractivity contribution is 0.0941. The van der Waals surface area contributed by atoms with Crippen molar-refractivity contribution in [1.29, 1.82) is 0 Å². The molecule has 0 atom stereocenters. The molecule has 15 heavy (non-hydrogen) atoms. The molecule has 1 heterocycles. The van der Waals surface area contributed by atoms with Crippen LogP contribution < -0.4 is 0 Å². The van der Waals surface area contributed by atoms with Crippen LogP contribution in [0.3, 0.4) is 0 Å². The highest BCUT2D eigenvalue weighted by molar-refractivity contribution is 6.35. The summed E-state index contributed by atoms with van der Waals surface area (Å²) in [5, 5.41) is 1.55. The van der Waals surface area contributed by atoms with Gasteiger partial charge in [-0.3, -0.25) is 4.79 Å². The molecule has 0 unspecified atom stereocenters. The largest absolute Gasteiger partial charge is 0.359 e. The zero-order chi connectivity index (χ0) is 11.0. The number of hydrogen-bond acceptors (Lipinski definition) is 1. The number of H-pyrrole nitrogens is 1. The summed E-state index contributed by atoms with van der Waals surface area (Å²) in [6.45, 7) is 3.79. The molecule has 0 amide bonds. The second kappa shape index (κ2) is 3.70. The van der Waals surface area contributed by atoms with Crippen LogP contribution in [-0.2, 0) is 0 Å². The number of carbonyl (C=O) groups excluding carboxylic acids is 1. The Bertz CT molecular complexity index is 513. The molecule has 0 radical (unpaired) electrons. The zero-order valence-corrected chi connectivity index (χ0v) is 9.43.